The zero-order valence-corrected chi connectivity index (χ0v) is 23.6. The van der Waals surface area contributed by atoms with E-state index in [1.165, 1.54) is 7.11 Å². The van der Waals surface area contributed by atoms with Gasteiger partial charge in [0.15, 0.2) is 11.5 Å². The lowest BCUT2D eigenvalue weighted by Gasteiger charge is -2.21. The minimum Gasteiger partial charge on any atom is -0.493 e. The molecule has 4 aromatic rings. The Hall–Kier alpha value is -4.71. The van der Waals surface area contributed by atoms with Gasteiger partial charge in [-0.05, 0) is 24.3 Å². The molecule has 1 N–H and O–H groups in total. The third-order valence-electron chi connectivity index (χ3n) is 7.70. The summed E-state index contributed by atoms with van der Waals surface area (Å²) >= 11 is 0. The summed E-state index contributed by atoms with van der Waals surface area (Å²) < 4.78 is 19.2. The molecule has 2 aliphatic heterocycles. The molecule has 4 heterocycles. The summed E-state index contributed by atoms with van der Waals surface area (Å²) in [5.41, 5.74) is 2.72. The van der Waals surface area contributed by atoms with Crippen molar-refractivity contribution in [1.29, 1.82) is 0 Å². The van der Waals surface area contributed by atoms with Crippen molar-refractivity contribution < 1.29 is 23.5 Å². The Bertz CT molecular complexity index is 1550. The number of rotatable bonds is 4. The molecule has 2 bridgehead atoms. The van der Waals surface area contributed by atoms with Crippen LogP contribution in [0.1, 0.15) is 34.2 Å². The summed E-state index contributed by atoms with van der Waals surface area (Å²) in [7, 11) is 3.23. The van der Waals surface area contributed by atoms with E-state index in [1.807, 2.05) is 41.2 Å². The highest BCUT2D eigenvalue weighted by Crippen LogP contribution is 2.34. The molecule has 218 valence electrons. The number of oxazole rings is 1. The van der Waals surface area contributed by atoms with E-state index < -0.39 is 0 Å². The molecule has 2 amide bonds. The molecule has 42 heavy (non-hydrogen) atoms. The first-order valence-corrected chi connectivity index (χ1v) is 13.9. The average molecular weight is 572 g/mol. The van der Waals surface area contributed by atoms with Crippen molar-refractivity contribution >= 4 is 11.8 Å². The number of nitrogens with zero attached hydrogens (tertiary/aromatic N) is 6. The van der Waals surface area contributed by atoms with E-state index in [0.29, 0.717) is 67.8 Å². The molecule has 0 saturated carbocycles. The number of hydrogen-bond donors (Lipinski definition) is 1. The first-order chi connectivity index (χ1) is 20.5. The van der Waals surface area contributed by atoms with Crippen LogP contribution in [0, 0.1) is 5.92 Å². The topological polar surface area (TPSA) is 128 Å². The van der Waals surface area contributed by atoms with Gasteiger partial charge >= 0.3 is 0 Å². The zero-order valence-electron chi connectivity index (χ0n) is 23.6. The average Bonchev–Trinajstić information content (AvgIpc) is 3.76. The lowest BCUT2D eigenvalue weighted by atomic mass is 9.99. The summed E-state index contributed by atoms with van der Waals surface area (Å²) in [6.07, 6.45) is 3.85. The number of methoxy groups -OCH3 is 1. The van der Waals surface area contributed by atoms with Gasteiger partial charge in [-0.3, -0.25) is 14.5 Å². The standard InChI is InChI=1S/C30H33N7O5/c1-35-12-11-31-27(38)13-21-14-36(15-22-18-42-29(32-22)20-7-4-3-5-8-20)17-25(21)37-16-23(33-34-37)19-41-28-24(30(35)39)9-6-10-26(28)40-2/h3-10,16,18,21,25H,11-15,17,19H2,1-2H3,(H,31,38)/t21-,25+/m0/s1. The van der Waals surface area contributed by atoms with Gasteiger partial charge < -0.3 is 24.1 Å². The fourth-order valence-electron chi connectivity index (χ4n) is 5.55. The van der Waals surface area contributed by atoms with E-state index in [2.05, 4.69) is 25.5 Å². The third kappa shape index (κ3) is 5.84. The van der Waals surface area contributed by atoms with Gasteiger partial charge in [-0.1, -0.05) is 29.5 Å². The Labute approximate surface area is 243 Å². The van der Waals surface area contributed by atoms with E-state index in [0.717, 1.165) is 11.3 Å². The summed E-state index contributed by atoms with van der Waals surface area (Å²) in [5, 5.41) is 11.7. The number of likely N-dealkylation sites (N-methyl/N-ethyl adjacent to an activating group) is 1. The Morgan fingerprint density at radius 3 is 2.79 bits per heavy atom. The molecule has 2 aromatic heterocycles. The molecule has 1 saturated heterocycles. The summed E-state index contributed by atoms with van der Waals surface area (Å²) in [6.45, 7) is 2.71. The number of nitrogens with one attached hydrogen (secondary N) is 1. The maximum absolute atomic E-state index is 13.3. The predicted octanol–water partition coefficient (Wildman–Crippen LogP) is 2.79. The van der Waals surface area contributed by atoms with Crippen LogP contribution in [-0.2, 0) is 17.9 Å². The lowest BCUT2D eigenvalue weighted by molar-refractivity contribution is -0.122. The number of benzene rings is 2. The van der Waals surface area contributed by atoms with Crippen LogP contribution in [0.25, 0.3) is 11.5 Å². The Morgan fingerprint density at radius 2 is 1.95 bits per heavy atom. The van der Waals surface area contributed by atoms with Crippen LogP contribution in [0.3, 0.4) is 0 Å². The lowest BCUT2D eigenvalue weighted by Crippen LogP contribution is -2.37. The maximum Gasteiger partial charge on any atom is 0.257 e. The number of amides is 2. The molecule has 2 aliphatic rings. The minimum atomic E-state index is -0.233. The van der Waals surface area contributed by atoms with Crippen molar-refractivity contribution in [3.05, 3.63) is 77.9 Å². The van der Waals surface area contributed by atoms with E-state index in [4.69, 9.17) is 13.9 Å². The number of likely N-dealkylation sites (tertiary alicyclic amines) is 1. The Balaban J connectivity index is 1.23. The van der Waals surface area contributed by atoms with Gasteiger partial charge in [0.1, 0.15) is 18.6 Å². The maximum atomic E-state index is 13.3. The van der Waals surface area contributed by atoms with Gasteiger partial charge in [0, 0.05) is 57.7 Å². The second-order valence-corrected chi connectivity index (χ2v) is 10.6. The summed E-state index contributed by atoms with van der Waals surface area (Å²) in [6, 6.07) is 14.9. The van der Waals surface area contributed by atoms with E-state index in [9.17, 15) is 9.59 Å². The van der Waals surface area contributed by atoms with Crippen LogP contribution in [0.5, 0.6) is 11.5 Å². The molecular formula is C30H33N7O5. The van der Waals surface area contributed by atoms with Crippen molar-refractivity contribution in [3.8, 4) is 23.0 Å². The number of fused-ring (bicyclic) bond motifs is 5. The van der Waals surface area contributed by atoms with Crippen LogP contribution in [0.15, 0.2) is 65.4 Å². The van der Waals surface area contributed by atoms with E-state index in [-0.39, 0.29) is 30.4 Å². The van der Waals surface area contributed by atoms with Gasteiger partial charge in [-0.15, -0.1) is 5.10 Å². The molecule has 0 spiro atoms. The predicted molar refractivity (Wildman–Crippen MR) is 152 cm³/mol. The second-order valence-electron chi connectivity index (χ2n) is 10.6. The molecule has 12 heteroatoms. The molecule has 0 radical (unpaired) electrons. The molecule has 0 unspecified atom stereocenters. The van der Waals surface area contributed by atoms with Crippen molar-refractivity contribution in [3.63, 3.8) is 0 Å². The molecule has 6 rings (SSSR count). The van der Waals surface area contributed by atoms with Crippen molar-refractivity contribution in [2.75, 3.05) is 40.3 Å². The number of carbonyl (C=O) groups is 2. The van der Waals surface area contributed by atoms with Gasteiger partial charge in [0.25, 0.3) is 5.91 Å². The van der Waals surface area contributed by atoms with E-state index >= 15 is 0 Å². The normalized spacial score (nSPS) is 20.0. The highest BCUT2D eigenvalue weighted by Gasteiger charge is 2.36. The largest absolute Gasteiger partial charge is 0.493 e. The molecule has 2 atom stereocenters. The summed E-state index contributed by atoms with van der Waals surface area (Å²) in [4.78, 5) is 34.8. The molecule has 0 aliphatic carbocycles. The first kappa shape index (κ1) is 27.5. The highest BCUT2D eigenvalue weighted by molar-refractivity contribution is 5.97. The van der Waals surface area contributed by atoms with E-state index in [1.54, 1.807) is 36.4 Å². The SMILES string of the molecule is COc1cccc2c1OCc1cn(nn1)[C@@H]1CN(Cc3coc(-c4ccccc4)n3)C[C@@H]1CC(=O)NCCN(C)C2=O. The van der Waals surface area contributed by atoms with Gasteiger partial charge in [-0.25, -0.2) is 9.67 Å². The molecule has 12 nitrogen and oxygen atoms in total. The number of ether oxygens (including phenoxy) is 2. The van der Waals surface area contributed by atoms with Gasteiger partial charge in [0.05, 0.1) is 30.6 Å². The number of hydrogen-bond acceptors (Lipinski definition) is 9. The Morgan fingerprint density at radius 1 is 1.10 bits per heavy atom. The number of carbonyl (C=O) groups excluding carboxylic acids is 2. The van der Waals surface area contributed by atoms with Gasteiger partial charge in [-0.2, -0.15) is 0 Å². The quantitative estimate of drug-likeness (QED) is 0.393. The Kier molecular flexibility index (Phi) is 7.87. The monoisotopic (exact) mass is 571 g/mol. The smallest absolute Gasteiger partial charge is 0.257 e. The van der Waals surface area contributed by atoms with Crippen molar-refractivity contribution in [1.82, 2.24) is 35.1 Å². The van der Waals surface area contributed by atoms with Crippen molar-refractivity contribution in [2.24, 2.45) is 5.92 Å². The fraction of sp³-hybridized carbons (Fsp3) is 0.367. The minimum absolute atomic E-state index is 0.00551. The van der Waals surface area contributed by atoms with Crippen molar-refractivity contribution in [2.45, 2.75) is 25.6 Å². The molecule has 1 fully saturated rings. The molecular weight excluding hydrogens is 538 g/mol. The number of aromatic nitrogens is 4. The second kappa shape index (κ2) is 12.0. The van der Waals surface area contributed by atoms with Crippen LogP contribution in [0.4, 0.5) is 0 Å². The third-order valence-corrected chi connectivity index (χ3v) is 7.70. The molecule has 2 aromatic carbocycles. The van der Waals surface area contributed by atoms with Gasteiger partial charge in [0.2, 0.25) is 11.8 Å². The van der Waals surface area contributed by atoms with Crippen LogP contribution in [-0.4, -0.2) is 81.9 Å². The van der Waals surface area contributed by atoms with Crippen LogP contribution < -0.4 is 14.8 Å². The summed E-state index contributed by atoms with van der Waals surface area (Å²) in [5.74, 6) is 1.06. The number of para-hydroxylation sites is 1. The first-order valence-electron chi connectivity index (χ1n) is 13.9. The zero-order chi connectivity index (χ0) is 29.1. The van der Waals surface area contributed by atoms with Crippen LogP contribution >= 0.6 is 0 Å². The highest BCUT2D eigenvalue weighted by atomic mass is 16.5. The van der Waals surface area contributed by atoms with Crippen LogP contribution in [0.2, 0.25) is 0 Å². The fourth-order valence-corrected chi connectivity index (χ4v) is 5.55.